The number of hydrogen-bond donors (Lipinski definition) is 2. The Bertz CT molecular complexity index is 2800. The van der Waals surface area contributed by atoms with Crippen molar-refractivity contribution in [1.29, 1.82) is 5.26 Å². The fourth-order valence-electron chi connectivity index (χ4n) is 11.2. The van der Waals surface area contributed by atoms with E-state index in [9.17, 15) is 5.26 Å². The smallest absolute Gasteiger partial charge is 0.270 e. The molecule has 0 amide bonds. The molecule has 0 saturated heterocycles. The highest BCUT2D eigenvalue weighted by Gasteiger charge is 2.40. The van der Waals surface area contributed by atoms with Crippen LogP contribution in [0.2, 0.25) is 0 Å². The third-order valence-electron chi connectivity index (χ3n) is 14.8. The Morgan fingerprint density at radius 2 is 1.06 bits per heavy atom. The number of benzene rings is 5. The van der Waals surface area contributed by atoms with Gasteiger partial charge in [0.1, 0.15) is 13.1 Å². The van der Waals surface area contributed by atoms with E-state index >= 15 is 5.11 Å². The van der Waals surface area contributed by atoms with Crippen molar-refractivity contribution in [2.75, 3.05) is 42.5 Å². The standard InChI is InChI=1S/C63H78N6O/c1-6-10-14-18-26-40-68(41-27-19-15-11-7-2)61-47-34-24-22-32-45(47)56(54-49(61)36-30-38-51(54)65)59-58(53(44-64)67-5)60(63(59)70)57-46-33-23-25-35-48(46)62(50-37-31-39-52(66)55(50)57)69(42-28-20-16-12-8-3)43-29-21-17-13-9-4/h22-25,30-39H,6-21,26-29,40-43,65-66H2,1-4H3. The molecule has 0 spiro atoms. The first kappa shape index (κ1) is 51.5. The van der Waals surface area contributed by atoms with Gasteiger partial charge >= 0.3 is 0 Å². The number of nitrogens with zero attached hydrogens (tertiary/aromatic N) is 4. The predicted molar refractivity (Wildman–Crippen MR) is 296 cm³/mol. The molecule has 7 nitrogen and oxygen atoms in total. The van der Waals surface area contributed by atoms with Crippen molar-refractivity contribution in [3.63, 3.8) is 0 Å². The summed E-state index contributed by atoms with van der Waals surface area (Å²) in [5.41, 5.74) is 23.8. The molecule has 0 heterocycles. The molecule has 5 aromatic carbocycles. The average molecular weight is 935 g/mol. The fourth-order valence-corrected chi connectivity index (χ4v) is 11.2. The topological polar surface area (TPSA) is 110 Å². The molecule has 0 aromatic heterocycles. The highest BCUT2D eigenvalue weighted by atomic mass is 16.3. The maximum atomic E-state index is 15.8. The highest BCUT2D eigenvalue weighted by molar-refractivity contribution is 6.27. The molecular formula is C63H78N6O. The van der Waals surface area contributed by atoms with E-state index in [0.29, 0.717) is 39.2 Å². The maximum absolute atomic E-state index is 15.8. The summed E-state index contributed by atoms with van der Waals surface area (Å²) in [6, 6.07) is 31.2. The number of rotatable bonds is 26. The van der Waals surface area contributed by atoms with Crippen molar-refractivity contribution < 1.29 is 9.68 Å². The Morgan fingerprint density at radius 1 is 0.557 bits per heavy atom. The molecule has 366 valence electrons. The quantitative estimate of drug-likeness (QED) is 0.0141. The Morgan fingerprint density at radius 3 is 1.64 bits per heavy atom. The van der Waals surface area contributed by atoms with E-state index in [1.54, 1.807) is 0 Å². The second-order valence-electron chi connectivity index (χ2n) is 19.7. The lowest BCUT2D eigenvalue weighted by atomic mass is 9.69. The monoisotopic (exact) mass is 935 g/mol. The van der Waals surface area contributed by atoms with Gasteiger partial charge in [-0.05, 0) is 83.2 Å². The van der Waals surface area contributed by atoms with Crippen molar-refractivity contribution in [3.8, 4) is 6.07 Å². The van der Waals surface area contributed by atoms with E-state index < -0.39 is 0 Å². The zero-order valence-electron chi connectivity index (χ0n) is 42.9. The largest absolute Gasteiger partial charge is 0.872 e. The van der Waals surface area contributed by atoms with Crippen LogP contribution in [0.15, 0.2) is 108 Å². The molecule has 0 bridgehead atoms. The molecule has 0 radical (unpaired) electrons. The molecule has 0 unspecified atom stereocenters. The second kappa shape index (κ2) is 25.5. The van der Waals surface area contributed by atoms with Crippen LogP contribution < -0.4 is 21.5 Å². The molecule has 0 fully saturated rings. The molecule has 7 heteroatoms. The van der Waals surface area contributed by atoms with Crippen LogP contribution in [0, 0.1) is 17.9 Å². The van der Waals surface area contributed by atoms with Gasteiger partial charge in [0.15, 0.2) is 0 Å². The SMILES string of the molecule is [C-]#[N+]/C(C#N)=C1C(c2c3ccccc3c(N(CCCCCCC)CCCCCCC)c3cccc(N)c23)=C([O-])C/1=C1\c2ccccc2C(=[N+](CCCCCCC)CCCCCCC)c2cccc(N)c21. The molecule has 2 aliphatic carbocycles. The van der Waals surface area contributed by atoms with Crippen molar-refractivity contribution in [1.82, 2.24) is 0 Å². The van der Waals surface area contributed by atoms with Gasteiger partial charge in [-0.15, -0.1) is 0 Å². The summed E-state index contributed by atoms with van der Waals surface area (Å²) in [7, 11) is 0. The summed E-state index contributed by atoms with van der Waals surface area (Å²) in [5.74, 6) is -0.205. The lowest BCUT2D eigenvalue weighted by Crippen LogP contribution is -2.32. The minimum absolute atomic E-state index is 0.113. The lowest BCUT2D eigenvalue weighted by Gasteiger charge is -2.41. The summed E-state index contributed by atoms with van der Waals surface area (Å²) in [4.78, 5) is 6.47. The highest BCUT2D eigenvalue weighted by Crippen LogP contribution is 2.56. The molecule has 7 rings (SSSR count). The molecule has 0 saturated carbocycles. The van der Waals surface area contributed by atoms with Crippen LogP contribution in [0.4, 0.5) is 17.1 Å². The average Bonchev–Trinajstić information content (AvgIpc) is 3.37. The van der Waals surface area contributed by atoms with Gasteiger partial charge in [0.25, 0.3) is 5.70 Å². The van der Waals surface area contributed by atoms with E-state index in [1.165, 1.54) is 103 Å². The van der Waals surface area contributed by atoms with Gasteiger partial charge in [0.05, 0.1) is 29.5 Å². The van der Waals surface area contributed by atoms with Gasteiger partial charge in [-0.1, -0.05) is 184 Å². The molecular weight excluding hydrogens is 857 g/mol. The van der Waals surface area contributed by atoms with E-state index in [-0.39, 0.29) is 11.5 Å². The first-order valence-electron chi connectivity index (χ1n) is 27.1. The summed E-state index contributed by atoms with van der Waals surface area (Å²) in [6.45, 7) is 21.2. The third kappa shape index (κ3) is 11.0. The Kier molecular flexibility index (Phi) is 18.8. The van der Waals surface area contributed by atoms with Crippen LogP contribution in [0.25, 0.3) is 37.5 Å². The predicted octanol–water partition coefficient (Wildman–Crippen LogP) is 15.3. The van der Waals surface area contributed by atoms with Gasteiger partial charge in [-0.3, -0.25) is 0 Å². The van der Waals surface area contributed by atoms with E-state index in [0.717, 1.165) is 107 Å². The first-order chi connectivity index (χ1) is 34.4. The first-order valence-corrected chi connectivity index (χ1v) is 27.1. The van der Waals surface area contributed by atoms with E-state index in [2.05, 4.69) is 96.6 Å². The fraction of sp³-hybridized carbons (Fsp3) is 0.444. The van der Waals surface area contributed by atoms with Crippen molar-refractivity contribution in [2.45, 2.75) is 156 Å². The van der Waals surface area contributed by atoms with Crippen LogP contribution in [-0.4, -0.2) is 36.5 Å². The number of allylic oxidation sites excluding steroid dienone is 3. The maximum Gasteiger partial charge on any atom is 0.270 e. The third-order valence-corrected chi connectivity index (χ3v) is 14.8. The van der Waals surface area contributed by atoms with Gasteiger partial charge in [0.2, 0.25) is 5.71 Å². The second-order valence-corrected chi connectivity index (χ2v) is 19.7. The summed E-state index contributed by atoms with van der Waals surface area (Å²) < 4.78 is 2.58. The van der Waals surface area contributed by atoms with Crippen LogP contribution >= 0.6 is 0 Å². The molecule has 2 aliphatic rings. The Labute approximate surface area is 420 Å². The van der Waals surface area contributed by atoms with Gasteiger partial charge < -0.3 is 21.5 Å². The lowest BCUT2D eigenvalue weighted by molar-refractivity contribution is -0.528. The normalized spacial score (nSPS) is 14.9. The summed E-state index contributed by atoms with van der Waals surface area (Å²) in [5, 5.41) is 30.4. The Hall–Kier alpha value is -6.31. The zero-order valence-corrected chi connectivity index (χ0v) is 42.9. The Balaban J connectivity index is 1.48. The number of anilines is 3. The zero-order chi connectivity index (χ0) is 49.4. The van der Waals surface area contributed by atoms with E-state index in [4.69, 9.17) is 18.0 Å². The number of unbranched alkanes of at least 4 members (excludes halogenated alkanes) is 16. The summed E-state index contributed by atoms with van der Waals surface area (Å²) in [6.07, 6.45) is 23.7. The summed E-state index contributed by atoms with van der Waals surface area (Å²) >= 11 is 0. The van der Waals surface area contributed by atoms with Crippen LogP contribution in [-0.2, 0) is 0 Å². The van der Waals surface area contributed by atoms with Crippen molar-refractivity contribution in [3.05, 3.63) is 147 Å². The van der Waals surface area contributed by atoms with Crippen molar-refractivity contribution >= 4 is 55.5 Å². The molecule has 4 N–H and O–H groups in total. The molecule has 0 aliphatic heterocycles. The van der Waals surface area contributed by atoms with Crippen LogP contribution in [0.3, 0.4) is 0 Å². The number of fused-ring (bicyclic) bond motifs is 4. The molecule has 70 heavy (non-hydrogen) atoms. The van der Waals surface area contributed by atoms with Crippen molar-refractivity contribution in [2.24, 2.45) is 0 Å². The minimum Gasteiger partial charge on any atom is -0.872 e. The van der Waals surface area contributed by atoms with Gasteiger partial charge in [-0.25, -0.2) is 14.7 Å². The minimum atomic E-state index is -0.205. The van der Waals surface area contributed by atoms with Gasteiger partial charge in [-0.2, -0.15) is 0 Å². The number of nitrogen functional groups attached to an aromatic ring is 2. The number of nitrogens with two attached hydrogens (primary N) is 2. The molecule has 0 atom stereocenters. The number of nitriles is 1. The van der Waals surface area contributed by atoms with Crippen LogP contribution in [0.5, 0.6) is 0 Å². The van der Waals surface area contributed by atoms with Gasteiger partial charge in [0, 0.05) is 64.6 Å². The van der Waals surface area contributed by atoms with Crippen LogP contribution in [0.1, 0.15) is 184 Å². The number of hydrogen-bond acceptors (Lipinski definition) is 5. The van der Waals surface area contributed by atoms with E-state index in [1.807, 2.05) is 36.4 Å². The molecule has 5 aromatic rings.